The van der Waals surface area contributed by atoms with E-state index in [1.165, 1.54) is 24.4 Å². The Balaban J connectivity index is 1.69. The van der Waals surface area contributed by atoms with Gasteiger partial charge >= 0.3 is 12.3 Å². The Kier molecular flexibility index (Phi) is 7.12. The van der Waals surface area contributed by atoms with Crippen molar-refractivity contribution in [2.45, 2.75) is 63.8 Å². The summed E-state index contributed by atoms with van der Waals surface area (Å²) < 4.78 is 71.3. The normalized spacial score (nSPS) is 18.3. The van der Waals surface area contributed by atoms with E-state index in [4.69, 9.17) is 4.74 Å². The number of benzene rings is 1. The summed E-state index contributed by atoms with van der Waals surface area (Å²) in [5.41, 5.74) is -1.83. The van der Waals surface area contributed by atoms with E-state index in [1.807, 2.05) is 13.8 Å². The molecule has 1 amide bonds. The third-order valence-corrected chi connectivity index (χ3v) is 7.38. The van der Waals surface area contributed by atoms with E-state index in [1.54, 1.807) is 25.7 Å². The van der Waals surface area contributed by atoms with Crippen LogP contribution in [0.5, 0.6) is 0 Å². The Bertz CT molecular complexity index is 1510. The second-order valence-corrected chi connectivity index (χ2v) is 13.7. The fraction of sp³-hybridized carbons (Fsp3) is 0.500. The number of anilines is 1. The molecule has 3 aromatic rings. The average molecular weight is 568 g/mol. The lowest BCUT2D eigenvalue weighted by Gasteiger charge is -2.42. The van der Waals surface area contributed by atoms with Crippen LogP contribution in [0.15, 0.2) is 35.5 Å². The van der Waals surface area contributed by atoms with Gasteiger partial charge in [-0.05, 0) is 44.7 Å². The summed E-state index contributed by atoms with van der Waals surface area (Å²) in [4.78, 5) is 25.4. The minimum absolute atomic E-state index is 0.0213. The van der Waals surface area contributed by atoms with Crippen molar-refractivity contribution in [1.29, 1.82) is 0 Å². The van der Waals surface area contributed by atoms with Gasteiger partial charge in [0.1, 0.15) is 11.2 Å². The van der Waals surface area contributed by atoms with Crippen LogP contribution in [-0.4, -0.2) is 65.4 Å². The van der Waals surface area contributed by atoms with Crippen LogP contribution in [0, 0.1) is 5.41 Å². The molecular weight excluding hydrogens is 535 g/mol. The van der Waals surface area contributed by atoms with Crippen LogP contribution in [0.3, 0.4) is 0 Å². The second-order valence-electron chi connectivity index (χ2n) is 11.7. The quantitative estimate of drug-likeness (QED) is 0.428. The molecule has 1 aliphatic heterocycles. The van der Waals surface area contributed by atoms with Gasteiger partial charge in [0.2, 0.25) is 5.95 Å². The Morgan fingerprint density at radius 2 is 1.92 bits per heavy atom. The Morgan fingerprint density at radius 3 is 2.54 bits per heavy atom. The zero-order chi connectivity index (χ0) is 29.0. The van der Waals surface area contributed by atoms with Crippen molar-refractivity contribution in [2.75, 3.05) is 24.7 Å². The number of ether oxygens (including phenoxy) is 1. The van der Waals surface area contributed by atoms with Crippen molar-refractivity contribution < 1.29 is 31.1 Å². The molecule has 4 rings (SSSR count). The van der Waals surface area contributed by atoms with Gasteiger partial charge in [-0.15, -0.1) is 0 Å². The Labute approximate surface area is 225 Å². The highest BCUT2D eigenvalue weighted by Gasteiger charge is 2.39. The van der Waals surface area contributed by atoms with Gasteiger partial charge in [-0.3, -0.25) is 0 Å². The number of nitrogens with zero attached hydrogens (tertiary/aromatic N) is 3. The standard InChI is InChI=1S/C26H32F3N5O4S/c1-24(2,3)38-23(35)34-13-15(10-25(4,5)14-34)32-22-31-12-19(26(27,28)29)21(33-22)18-11-30-20-9-16(39(6,36)37)7-8-17(18)20/h7-9,11-12,15,30H,10,13-14H2,1-6H3,(H,31,32,33)/t15-/m0/s1. The molecule has 3 heterocycles. The van der Waals surface area contributed by atoms with Gasteiger partial charge in [-0.1, -0.05) is 19.9 Å². The van der Waals surface area contributed by atoms with E-state index in [2.05, 4.69) is 20.3 Å². The van der Waals surface area contributed by atoms with Gasteiger partial charge in [0.05, 0.1) is 10.6 Å². The molecule has 212 valence electrons. The molecule has 39 heavy (non-hydrogen) atoms. The fourth-order valence-electron chi connectivity index (χ4n) is 4.78. The molecule has 0 aliphatic carbocycles. The zero-order valence-electron chi connectivity index (χ0n) is 22.6. The van der Waals surface area contributed by atoms with E-state index in [9.17, 15) is 26.4 Å². The third kappa shape index (κ3) is 6.63. The summed E-state index contributed by atoms with van der Waals surface area (Å²) in [6.45, 7) is 10.0. The maximum Gasteiger partial charge on any atom is 0.419 e. The van der Waals surface area contributed by atoms with Crippen LogP contribution >= 0.6 is 0 Å². The van der Waals surface area contributed by atoms with Crippen LogP contribution in [0.1, 0.15) is 46.6 Å². The molecule has 0 saturated carbocycles. The van der Waals surface area contributed by atoms with Crippen molar-refractivity contribution in [3.8, 4) is 11.3 Å². The van der Waals surface area contributed by atoms with E-state index < -0.39 is 33.3 Å². The lowest BCUT2D eigenvalue weighted by molar-refractivity contribution is -0.137. The number of hydrogen-bond acceptors (Lipinski definition) is 7. The first-order valence-electron chi connectivity index (χ1n) is 12.3. The number of aromatic amines is 1. The first kappa shape index (κ1) is 28.7. The summed E-state index contributed by atoms with van der Waals surface area (Å²) in [6, 6.07) is 3.83. The molecular formula is C26H32F3N5O4S. The van der Waals surface area contributed by atoms with Gasteiger partial charge in [0.15, 0.2) is 9.84 Å². The molecule has 1 fully saturated rings. The highest BCUT2D eigenvalue weighted by atomic mass is 32.2. The average Bonchev–Trinajstić information content (AvgIpc) is 3.19. The number of rotatable bonds is 4. The number of H-pyrrole nitrogens is 1. The van der Waals surface area contributed by atoms with Crippen LogP contribution in [0.4, 0.5) is 23.9 Å². The number of likely N-dealkylation sites (tertiary alicyclic amines) is 1. The van der Waals surface area contributed by atoms with Crippen LogP contribution in [-0.2, 0) is 20.8 Å². The van der Waals surface area contributed by atoms with Crippen molar-refractivity contribution in [1.82, 2.24) is 19.9 Å². The SMILES string of the molecule is CC1(C)C[C@H](Nc2ncc(C(F)(F)F)c(-c3c[nH]c4cc(S(C)(=O)=O)ccc34)n2)CN(C(=O)OC(C)(C)C)C1. The number of nitrogens with one attached hydrogen (secondary N) is 2. The third-order valence-electron chi connectivity index (χ3n) is 6.27. The number of carbonyl (C=O) groups excluding carboxylic acids is 1. The Hall–Kier alpha value is -3.35. The molecule has 2 aromatic heterocycles. The number of sulfone groups is 1. The fourth-order valence-corrected chi connectivity index (χ4v) is 5.43. The van der Waals surface area contributed by atoms with Gasteiger partial charge in [-0.25, -0.2) is 23.2 Å². The summed E-state index contributed by atoms with van der Waals surface area (Å²) in [6.07, 6.45) is -1.43. The highest BCUT2D eigenvalue weighted by Crippen LogP contribution is 2.39. The minimum Gasteiger partial charge on any atom is -0.444 e. The minimum atomic E-state index is -4.73. The molecule has 13 heteroatoms. The lowest BCUT2D eigenvalue weighted by atomic mass is 9.82. The largest absolute Gasteiger partial charge is 0.444 e. The van der Waals surface area contributed by atoms with Gasteiger partial charge in [-0.2, -0.15) is 13.2 Å². The topological polar surface area (TPSA) is 117 Å². The predicted octanol–water partition coefficient (Wildman–Crippen LogP) is 5.49. The molecule has 9 nitrogen and oxygen atoms in total. The van der Waals surface area contributed by atoms with Crippen molar-refractivity contribution in [3.05, 3.63) is 36.2 Å². The van der Waals surface area contributed by atoms with E-state index in [0.717, 1.165) is 12.5 Å². The number of aromatic nitrogens is 3. The monoisotopic (exact) mass is 567 g/mol. The molecule has 1 saturated heterocycles. The molecule has 0 bridgehead atoms. The molecule has 1 aromatic carbocycles. The van der Waals surface area contributed by atoms with Crippen molar-refractivity contribution >= 4 is 32.8 Å². The first-order valence-corrected chi connectivity index (χ1v) is 14.2. The number of alkyl halides is 3. The summed E-state index contributed by atoms with van der Waals surface area (Å²) >= 11 is 0. The second kappa shape index (κ2) is 9.68. The molecule has 0 radical (unpaired) electrons. The van der Waals surface area contributed by atoms with E-state index in [0.29, 0.717) is 23.9 Å². The molecule has 0 spiro atoms. The van der Waals surface area contributed by atoms with Crippen LogP contribution in [0.25, 0.3) is 22.2 Å². The summed E-state index contributed by atoms with van der Waals surface area (Å²) in [5.74, 6) is -0.0213. The van der Waals surface area contributed by atoms with Gasteiger partial charge < -0.3 is 19.9 Å². The smallest absolute Gasteiger partial charge is 0.419 e. The zero-order valence-corrected chi connectivity index (χ0v) is 23.4. The van der Waals surface area contributed by atoms with E-state index in [-0.39, 0.29) is 40.1 Å². The number of hydrogen-bond donors (Lipinski definition) is 2. The molecule has 1 aliphatic rings. The molecule has 0 unspecified atom stereocenters. The number of carbonyl (C=O) groups is 1. The lowest BCUT2D eigenvalue weighted by Crippen LogP contribution is -2.53. The van der Waals surface area contributed by atoms with Crippen LogP contribution in [0.2, 0.25) is 0 Å². The Morgan fingerprint density at radius 1 is 1.23 bits per heavy atom. The summed E-state index contributed by atoms with van der Waals surface area (Å²) in [5, 5.41) is 3.50. The first-order chi connectivity index (χ1) is 17.8. The predicted molar refractivity (Wildman–Crippen MR) is 141 cm³/mol. The van der Waals surface area contributed by atoms with Crippen molar-refractivity contribution in [2.24, 2.45) is 5.41 Å². The van der Waals surface area contributed by atoms with Crippen LogP contribution < -0.4 is 5.32 Å². The number of amides is 1. The maximum atomic E-state index is 14.0. The van der Waals surface area contributed by atoms with Gasteiger partial charge in [0.25, 0.3) is 0 Å². The van der Waals surface area contributed by atoms with Gasteiger partial charge in [0, 0.05) is 54.2 Å². The highest BCUT2D eigenvalue weighted by molar-refractivity contribution is 7.90. The van der Waals surface area contributed by atoms with E-state index >= 15 is 0 Å². The summed E-state index contributed by atoms with van der Waals surface area (Å²) in [7, 11) is -3.51. The maximum absolute atomic E-state index is 14.0. The number of fused-ring (bicyclic) bond motifs is 1. The number of piperidine rings is 1. The molecule has 2 N–H and O–H groups in total. The van der Waals surface area contributed by atoms with Crippen molar-refractivity contribution in [3.63, 3.8) is 0 Å². The number of halogens is 3. The molecule has 1 atom stereocenters.